The van der Waals surface area contributed by atoms with Crippen molar-refractivity contribution in [1.29, 1.82) is 0 Å². The highest BCUT2D eigenvalue weighted by molar-refractivity contribution is 5.78. The van der Waals surface area contributed by atoms with Gasteiger partial charge in [-0.05, 0) is 24.6 Å². The topological polar surface area (TPSA) is 67.6 Å². The van der Waals surface area contributed by atoms with E-state index in [-0.39, 0.29) is 5.91 Å². The summed E-state index contributed by atoms with van der Waals surface area (Å²) in [4.78, 5) is 13.8. The third-order valence-electron chi connectivity index (χ3n) is 3.35. The van der Waals surface area contributed by atoms with Crippen LogP contribution < -0.4 is 15.8 Å². The quantitative estimate of drug-likeness (QED) is 0.786. The van der Waals surface area contributed by atoms with Crippen molar-refractivity contribution < 1.29 is 9.53 Å². The average molecular weight is 287 g/mol. The third-order valence-corrected chi connectivity index (χ3v) is 3.35. The van der Waals surface area contributed by atoms with Crippen LogP contribution in [0.2, 0.25) is 0 Å². The number of benzene rings is 1. The third kappa shape index (κ3) is 4.48. The average Bonchev–Trinajstić information content (AvgIpc) is 2.69. The Hall–Kier alpha value is -2.03. The fraction of sp³-hybridized carbons (Fsp3) is 0.438. The molecule has 0 aromatic heterocycles. The lowest BCUT2D eigenvalue weighted by Gasteiger charge is -2.20. The molecular weight excluding hydrogens is 266 g/mol. The molecule has 0 spiro atoms. The molecule has 0 saturated carbocycles. The fourth-order valence-electron chi connectivity index (χ4n) is 2.38. The van der Waals surface area contributed by atoms with Crippen LogP contribution in [0.15, 0.2) is 18.2 Å². The fourth-order valence-corrected chi connectivity index (χ4v) is 2.38. The number of nitrogens with two attached hydrogens (primary N) is 1. The normalized spacial score (nSPS) is 15.6. The van der Waals surface area contributed by atoms with E-state index in [9.17, 15) is 4.79 Å². The summed E-state index contributed by atoms with van der Waals surface area (Å²) < 4.78 is 5.40. The van der Waals surface area contributed by atoms with Crippen molar-refractivity contribution in [3.8, 4) is 17.6 Å². The highest BCUT2D eigenvalue weighted by atomic mass is 16.5. The zero-order valence-electron chi connectivity index (χ0n) is 12.3. The second kappa shape index (κ2) is 7.67. The molecule has 0 aliphatic carbocycles. The van der Waals surface area contributed by atoms with Gasteiger partial charge in [0.2, 0.25) is 5.91 Å². The van der Waals surface area contributed by atoms with Gasteiger partial charge in [0.15, 0.2) is 0 Å². The molecule has 0 unspecified atom stereocenters. The molecule has 112 valence electrons. The minimum atomic E-state index is 0.0746. The molecule has 1 aromatic rings. The number of nitrogens with zero attached hydrogens (tertiary/aromatic N) is 1. The van der Waals surface area contributed by atoms with Crippen molar-refractivity contribution in [3.63, 3.8) is 0 Å². The molecule has 1 aliphatic heterocycles. The van der Waals surface area contributed by atoms with Gasteiger partial charge in [-0.25, -0.2) is 0 Å². The highest BCUT2D eigenvalue weighted by Gasteiger charge is 2.16. The summed E-state index contributed by atoms with van der Waals surface area (Å²) >= 11 is 0. The van der Waals surface area contributed by atoms with E-state index in [0.29, 0.717) is 19.6 Å². The molecule has 1 aliphatic rings. The van der Waals surface area contributed by atoms with Gasteiger partial charge in [-0.15, -0.1) is 0 Å². The molecule has 1 aromatic carbocycles. The van der Waals surface area contributed by atoms with E-state index < -0.39 is 0 Å². The lowest BCUT2D eigenvalue weighted by atomic mass is 10.1. The number of hydrogen-bond donors (Lipinski definition) is 2. The molecule has 3 N–H and O–H groups in total. The van der Waals surface area contributed by atoms with E-state index in [1.54, 1.807) is 7.11 Å². The molecule has 1 saturated heterocycles. The molecule has 1 fully saturated rings. The number of carbonyl (C=O) groups is 1. The van der Waals surface area contributed by atoms with E-state index in [4.69, 9.17) is 10.5 Å². The lowest BCUT2D eigenvalue weighted by molar-refractivity contribution is -0.121. The van der Waals surface area contributed by atoms with Crippen LogP contribution in [-0.4, -0.2) is 44.1 Å². The first-order valence-electron chi connectivity index (χ1n) is 7.08. The molecule has 0 radical (unpaired) electrons. The SMILES string of the molecule is COc1ccc(C#CCN)cc1CN1CCCNC(=O)C1. The van der Waals surface area contributed by atoms with Crippen LogP contribution in [0.25, 0.3) is 0 Å². The van der Waals surface area contributed by atoms with Gasteiger partial charge in [-0.2, -0.15) is 0 Å². The van der Waals surface area contributed by atoms with Crippen molar-refractivity contribution in [3.05, 3.63) is 29.3 Å². The van der Waals surface area contributed by atoms with Crippen LogP contribution in [0.1, 0.15) is 17.5 Å². The van der Waals surface area contributed by atoms with Crippen LogP contribution in [-0.2, 0) is 11.3 Å². The van der Waals surface area contributed by atoms with Gasteiger partial charge in [0, 0.05) is 30.8 Å². The van der Waals surface area contributed by atoms with Gasteiger partial charge < -0.3 is 15.8 Å². The van der Waals surface area contributed by atoms with Crippen molar-refractivity contribution in [2.75, 3.05) is 33.3 Å². The first kappa shape index (κ1) is 15.4. The number of ether oxygens (including phenoxy) is 1. The summed E-state index contributed by atoms with van der Waals surface area (Å²) in [7, 11) is 1.65. The maximum absolute atomic E-state index is 11.6. The maximum Gasteiger partial charge on any atom is 0.234 e. The zero-order chi connectivity index (χ0) is 15.1. The summed E-state index contributed by atoms with van der Waals surface area (Å²) in [5.74, 6) is 6.77. The predicted molar refractivity (Wildman–Crippen MR) is 81.8 cm³/mol. The van der Waals surface area contributed by atoms with E-state index >= 15 is 0 Å². The van der Waals surface area contributed by atoms with Gasteiger partial charge in [0.1, 0.15) is 5.75 Å². The van der Waals surface area contributed by atoms with Gasteiger partial charge in [0.05, 0.1) is 20.2 Å². The Bertz CT molecular complexity index is 560. The number of methoxy groups -OCH3 is 1. The minimum absolute atomic E-state index is 0.0746. The molecule has 5 nitrogen and oxygen atoms in total. The summed E-state index contributed by atoms with van der Waals surface area (Å²) in [6, 6.07) is 5.83. The predicted octanol–water partition coefficient (Wildman–Crippen LogP) is 0.327. The second-order valence-corrected chi connectivity index (χ2v) is 4.95. The molecule has 5 heteroatoms. The Kier molecular flexibility index (Phi) is 5.61. The van der Waals surface area contributed by atoms with Crippen LogP contribution in [0.5, 0.6) is 5.75 Å². The molecular formula is C16H21N3O2. The van der Waals surface area contributed by atoms with Crippen molar-refractivity contribution in [2.24, 2.45) is 5.73 Å². The second-order valence-electron chi connectivity index (χ2n) is 4.95. The van der Waals surface area contributed by atoms with Crippen LogP contribution >= 0.6 is 0 Å². The largest absolute Gasteiger partial charge is 0.496 e. The van der Waals surface area contributed by atoms with Gasteiger partial charge in [0.25, 0.3) is 0 Å². The molecule has 1 amide bonds. The number of carbonyl (C=O) groups excluding carboxylic acids is 1. The monoisotopic (exact) mass is 287 g/mol. The van der Waals surface area contributed by atoms with Crippen molar-refractivity contribution >= 4 is 5.91 Å². The number of rotatable bonds is 3. The van der Waals surface area contributed by atoms with E-state index in [2.05, 4.69) is 22.1 Å². The Morgan fingerprint density at radius 1 is 1.48 bits per heavy atom. The van der Waals surface area contributed by atoms with Crippen LogP contribution in [0.3, 0.4) is 0 Å². The first-order valence-corrected chi connectivity index (χ1v) is 7.08. The van der Waals surface area contributed by atoms with Gasteiger partial charge in [-0.1, -0.05) is 11.8 Å². The Balaban J connectivity index is 2.17. The lowest BCUT2D eigenvalue weighted by Crippen LogP contribution is -2.32. The standard InChI is InChI=1S/C16H21N3O2/c1-21-15-6-5-13(4-2-7-17)10-14(15)11-19-9-3-8-18-16(20)12-19/h5-6,10H,3,7-9,11-12,17H2,1H3,(H,18,20). The molecule has 1 heterocycles. The van der Waals surface area contributed by atoms with Crippen LogP contribution in [0, 0.1) is 11.8 Å². The number of nitrogens with one attached hydrogen (secondary N) is 1. The number of hydrogen-bond acceptors (Lipinski definition) is 4. The smallest absolute Gasteiger partial charge is 0.234 e. The van der Waals surface area contributed by atoms with Gasteiger partial charge in [-0.3, -0.25) is 9.69 Å². The summed E-state index contributed by atoms with van der Waals surface area (Å²) in [5, 5.41) is 2.88. The van der Waals surface area contributed by atoms with E-state index in [0.717, 1.165) is 36.4 Å². The van der Waals surface area contributed by atoms with E-state index in [1.165, 1.54) is 0 Å². The molecule has 21 heavy (non-hydrogen) atoms. The Morgan fingerprint density at radius 2 is 2.33 bits per heavy atom. The summed E-state index contributed by atoms with van der Waals surface area (Å²) in [6.45, 7) is 3.07. The first-order chi connectivity index (χ1) is 10.2. The number of amides is 1. The van der Waals surface area contributed by atoms with Crippen molar-refractivity contribution in [1.82, 2.24) is 10.2 Å². The minimum Gasteiger partial charge on any atom is -0.496 e. The Morgan fingerprint density at radius 3 is 3.10 bits per heavy atom. The van der Waals surface area contributed by atoms with Crippen molar-refractivity contribution in [2.45, 2.75) is 13.0 Å². The molecule has 0 atom stereocenters. The Labute approximate surface area is 125 Å². The molecule has 2 rings (SSSR count). The van der Waals surface area contributed by atoms with Crippen LogP contribution in [0.4, 0.5) is 0 Å². The maximum atomic E-state index is 11.6. The van der Waals surface area contributed by atoms with Gasteiger partial charge >= 0.3 is 0 Å². The highest BCUT2D eigenvalue weighted by Crippen LogP contribution is 2.21. The summed E-state index contributed by atoms with van der Waals surface area (Å²) in [5.41, 5.74) is 7.35. The van der Waals surface area contributed by atoms with E-state index in [1.807, 2.05) is 18.2 Å². The molecule has 0 bridgehead atoms. The zero-order valence-corrected chi connectivity index (χ0v) is 12.3. The summed E-state index contributed by atoms with van der Waals surface area (Å²) in [6.07, 6.45) is 0.959.